The Balaban J connectivity index is 1.92. The second-order valence-corrected chi connectivity index (χ2v) is 4.67. The Morgan fingerprint density at radius 1 is 1.05 bits per heavy atom. The summed E-state index contributed by atoms with van der Waals surface area (Å²) in [5, 5.41) is 9.75. The maximum atomic E-state index is 9.75. The Bertz CT molecular complexity index is 526. The van der Waals surface area contributed by atoms with Crippen LogP contribution in [0.1, 0.15) is 32.6 Å². The van der Waals surface area contributed by atoms with Crippen molar-refractivity contribution in [3.63, 3.8) is 0 Å². The van der Waals surface area contributed by atoms with E-state index in [-0.39, 0.29) is 5.75 Å². The molecule has 0 bridgehead atoms. The lowest BCUT2D eigenvalue weighted by atomic mass is 10.2. The normalized spacial score (nSPS) is 10.4. The number of rotatable bonds is 7. The van der Waals surface area contributed by atoms with E-state index >= 15 is 0 Å². The van der Waals surface area contributed by atoms with Crippen LogP contribution in [0.5, 0.6) is 11.5 Å². The van der Waals surface area contributed by atoms with Crippen LogP contribution in [-0.2, 0) is 0 Å². The van der Waals surface area contributed by atoms with E-state index in [0.29, 0.717) is 23.7 Å². The highest BCUT2D eigenvalue weighted by atomic mass is 16.5. The van der Waals surface area contributed by atoms with Gasteiger partial charge in [-0.15, -0.1) is 0 Å². The number of phenols is 1. The molecule has 1 aromatic heterocycles. The minimum Gasteiger partial charge on any atom is -0.507 e. The second kappa shape index (κ2) is 7.48. The van der Waals surface area contributed by atoms with Crippen LogP contribution in [0.4, 0.5) is 0 Å². The molecule has 2 rings (SSSR count). The van der Waals surface area contributed by atoms with Crippen molar-refractivity contribution in [2.24, 2.45) is 0 Å². The topological polar surface area (TPSA) is 55.2 Å². The van der Waals surface area contributed by atoms with Gasteiger partial charge in [0.25, 0.3) is 0 Å². The summed E-state index contributed by atoms with van der Waals surface area (Å²) in [6, 6.07) is 7.02. The minimum atomic E-state index is 0.181. The fraction of sp³-hybridized carbons (Fsp3) is 0.375. The predicted molar refractivity (Wildman–Crippen MR) is 78.8 cm³/mol. The number of aromatic hydroxyl groups is 1. The molecule has 1 aromatic carbocycles. The summed E-state index contributed by atoms with van der Waals surface area (Å²) >= 11 is 0. The molecule has 0 unspecified atom stereocenters. The third kappa shape index (κ3) is 3.95. The number of ether oxygens (including phenoxy) is 1. The summed E-state index contributed by atoms with van der Waals surface area (Å²) in [5.74, 6) is 1.35. The standard InChI is InChI=1S/C16H20N2O2/c1-2-3-4-7-10-20-13-11-17-16(18-12-13)14-8-5-6-9-15(14)19/h5-6,8-9,11-12,19H,2-4,7,10H2,1H3. The summed E-state index contributed by atoms with van der Waals surface area (Å²) in [4.78, 5) is 8.46. The summed E-state index contributed by atoms with van der Waals surface area (Å²) in [6.45, 7) is 2.88. The molecule has 0 spiro atoms. The Morgan fingerprint density at radius 3 is 2.50 bits per heavy atom. The molecule has 0 aliphatic rings. The molecule has 4 nitrogen and oxygen atoms in total. The summed E-state index contributed by atoms with van der Waals surface area (Å²) in [7, 11) is 0. The van der Waals surface area contributed by atoms with Crippen molar-refractivity contribution in [2.75, 3.05) is 6.61 Å². The van der Waals surface area contributed by atoms with E-state index in [1.54, 1.807) is 30.6 Å². The lowest BCUT2D eigenvalue weighted by Crippen LogP contribution is -1.99. The van der Waals surface area contributed by atoms with Crippen LogP contribution in [0.25, 0.3) is 11.4 Å². The lowest BCUT2D eigenvalue weighted by molar-refractivity contribution is 0.303. The number of aromatic nitrogens is 2. The van der Waals surface area contributed by atoms with E-state index in [2.05, 4.69) is 16.9 Å². The van der Waals surface area contributed by atoms with Crippen molar-refractivity contribution >= 4 is 0 Å². The number of unbranched alkanes of at least 4 members (excludes halogenated alkanes) is 3. The monoisotopic (exact) mass is 272 g/mol. The molecular formula is C16H20N2O2. The van der Waals surface area contributed by atoms with Crippen LogP contribution in [0, 0.1) is 0 Å². The average molecular weight is 272 g/mol. The van der Waals surface area contributed by atoms with E-state index in [1.807, 2.05) is 6.07 Å². The molecule has 4 heteroatoms. The first kappa shape index (κ1) is 14.3. The minimum absolute atomic E-state index is 0.181. The number of hydrogen-bond donors (Lipinski definition) is 1. The fourth-order valence-electron chi connectivity index (χ4n) is 1.91. The quantitative estimate of drug-likeness (QED) is 0.779. The number of phenolic OH excluding ortho intramolecular Hbond substituents is 1. The first-order valence-electron chi connectivity index (χ1n) is 7.04. The molecule has 0 saturated carbocycles. The highest BCUT2D eigenvalue weighted by Crippen LogP contribution is 2.25. The number of hydrogen-bond acceptors (Lipinski definition) is 4. The van der Waals surface area contributed by atoms with Crippen LogP contribution in [-0.4, -0.2) is 21.7 Å². The number of para-hydroxylation sites is 1. The van der Waals surface area contributed by atoms with Gasteiger partial charge >= 0.3 is 0 Å². The fourth-order valence-corrected chi connectivity index (χ4v) is 1.91. The zero-order chi connectivity index (χ0) is 14.2. The summed E-state index contributed by atoms with van der Waals surface area (Å²) in [6.07, 6.45) is 8.00. The van der Waals surface area contributed by atoms with Gasteiger partial charge in [0, 0.05) is 0 Å². The first-order chi connectivity index (χ1) is 9.81. The van der Waals surface area contributed by atoms with Crippen molar-refractivity contribution in [1.29, 1.82) is 0 Å². The SMILES string of the molecule is CCCCCCOc1cnc(-c2ccccc2O)nc1. The van der Waals surface area contributed by atoms with Gasteiger partial charge in [-0.2, -0.15) is 0 Å². The number of nitrogens with zero attached hydrogens (tertiary/aromatic N) is 2. The van der Waals surface area contributed by atoms with E-state index in [9.17, 15) is 5.11 Å². The Morgan fingerprint density at radius 2 is 1.80 bits per heavy atom. The van der Waals surface area contributed by atoms with E-state index in [4.69, 9.17) is 4.74 Å². The van der Waals surface area contributed by atoms with Crippen LogP contribution in [0.15, 0.2) is 36.7 Å². The van der Waals surface area contributed by atoms with Gasteiger partial charge in [-0.25, -0.2) is 9.97 Å². The van der Waals surface area contributed by atoms with Gasteiger partial charge in [0.1, 0.15) is 5.75 Å². The van der Waals surface area contributed by atoms with Crippen LogP contribution >= 0.6 is 0 Å². The van der Waals surface area contributed by atoms with Gasteiger partial charge < -0.3 is 9.84 Å². The number of benzene rings is 1. The molecule has 1 N–H and O–H groups in total. The molecule has 0 radical (unpaired) electrons. The Kier molecular flexibility index (Phi) is 5.35. The van der Waals surface area contributed by atoms with Crippen molar-refractivity contribution in [3.05, 3.63) is 36.7 Å². The molecular weight excluding hydrogens is 252 g/mol. The highest BCUT2D eigenvalue weighted by Gasteiger charge is 2.06. The smallest absolute Gasteiger partial charge is 0.163 e. The summed E-state index contributed by atoms with van der Waals surface area (Å²) < 4.78 is 5.59. The third-order valence-electron chi connectivity index (χ3n) is 3.04. The van der Waals surface area contributed by atoms with Gasteiger partial charge in [-0.1, -0.05) is 38.3 Å². The van der Waals surface area contributed by atoms with Gasteiger partial charge in [0.05, 0.1) is 24.6 Å². The van der Waals surface area contributed by atoms with Gasteiger partial charge in [0.15, 0.2) is 11.6 Å². The maximum Gasteiger partial charge on any atom is 0.163 e. The van der Waals surface area contributed by atoms with Crippen LogP contribution in [0.2, 0.25) is 0 Å². The van der Waals surface area contributed by atoms with Crippen LogP contribution in [0.3, 0.4) is 0 Å². The second-order valence-electron chi connectivity index (χ2n) is 4.67. The Labute approximate surface area is 119 Å². The van der Waals surface area contributed by atoms with Crippen molar-refractivity contribution < 1.29 is 9.84 Å². The van der Waals surface area contributed by atoms with E-state index < -0.39 is 0 Å². The molecule has 0 aliphatic carbocycles. The molecule has 20 heavy (non-hydrogen) atoms. The third-order valence-corrected chi connectivity index (χ3v) is 3.04. The zero-order valence-corrected chi connectivity index (χ0v) is 11.7. The zero-order valence-electron chi connectivity index (χ0n) is 11.7. The molecule has 0 aliphatic heterocycles. The molecule has 0 amide bonds. The van der Waals surface area contributed by atoms with Crippen molar-refractivity contribution in [2.45, 2.75) is 32.6 Å². The largest absolute Gasteiger partial charge is 0.507 e. The van der Waals surface area contributed by atoms with Gasteiger partial charge in [-0.3, -0.25) is 0 Å². The molecule has 0 atom stereocenters. The van der Waals surface area contributed by atoms with Gasteiger partial charge in [0.2, 0.25) is 0 Å². The van der Waals surface area contributed by atoms with Crippen LogP contribution < -0.4 is 4.74 Å². The first-order valence-corrected chi connectivity index (χ1v) is 7.04. The average Bonchev–Trinajstić information content (AvgIpc) is 2.48. The molecule has 0 saturated heterocycles. The molecule has 0 fully saturated rings. The molecule has 106 valence electrons. The van der Waals surface area contributed by atoms with Crippen molar-refractivity contribution in [3.8, 4) is 22.9 Å². The van der Waals surface area contributed by atoms with E-state index in [1.165, 1.54) is 19.3 Å². The van der Waals surface area contributed by atoms with Gasteiger partial charge in [-0.05, 0) is 18.6 Å². The molecule has 1 heterocycles. The Hall–Kier alpha value is -2.10. The predicted octanol–water partition coefficient (Wildman–Crippen LogP) is 3.81. The van der Waals surface area contributed by atoms with Crippen molar-refractivity contribution in [1.82, 2.24) is 9.97 Å². The highest BCUT2D eigenvalue weighted by molar-refractivity contribution is 5.63. The van der Waals surface area contributed by atoms with E-state index in [0.717, 1.165) is 6.42 Å². The maximum absolute atomic E-state index is 9.75. The summed E-state index contributed by atoms with van der Waals surface area (Å²) in [5.41, 5.74) is 0.627. The lowest BCUT2D eigenvalue weighted by Gasteiger charge is -2.06. The molecule has 2 aromatic rings.